The molecule has 0 aromatic carbocycles. The first kappa shape index (κ1) is 16.7. The number of halogens is 1. The normalized spacial score (nSPS) is 30.2. The number of nitrogens with zero attached hydrogens (tertiary/aromatic N) is 1. The minimum absolute atomic E-state index is 0.0342. The van der Waals surface area contributed by atoms with E-state index in [0.29, 0.717) is 6.42 Å². The number of carbonyl (C=O) groups excluding carboxylic acids is 1. The van der Waals surface area contributed by atoms with Gasteiger partial charge in [0.2, 0.25) is 0 Å². The van der Waals surface area contributed by atoms with Gasteiger partial charge in [0, 0.05) is 15.6 Å². The highest BCUT2D eigenvalue weighted by atomic mass is 127. The average Bonchev–Trinajstić information content (AvgIpc) is 2.68. The fourth-order valence-corrected chi connectivity index (χ4v) is 6.74. The molecule has 4 atom stereocenters. The van der Waals surface area contributed by atoms with Crippen LogP contribution in [0.3, 0.4) is 0 Å². The van der Waals surface area contributed by atoms with Crippen molar-refractivity contribution in [3.63, 3.8) is 0 Å². The van der Waals surface area contributed by atoms with Crippen LogP contribution in [0.15, 0.2) is 0 Å². The summed E-state index contributed by atoms with van der Waals surface area (Å²) in [6, 6.07) is 2.08. The third-order valence-electron chi connectivity index (χ3n) is 2.48. The van der Waals surface area contributed by atoms with Crippen molar-refractivity contribution in [2.24, 2.45) is 0 Å². The monoisotopic (exact) mass is 412 g/mol. The largest absolute Gasteiger partial charge is 0.541 e. The van der Waals surface area contributed by atoms with E-state index in [1.807, 2.05) is 6.11 Å². The summed E-state index contributed by atoms with van der Waals surface area (Å²) in [5.41, 5.74) is 0. The van der Waals surface area contributed by atoms with Gasteiger partial charge in [-0.1, -0.05) is 40.8 Å². The number of hydrogen-bond donors (Lipinski definition) is 0. The van der Waals surface area contributed by atoms with E-state index in [1.165, 1.54) is 11.8 Å². The van der Waals surface area contributed by atoms with Crippen LogP contribution < -0.4 is 0 Å². The summed E-state index contributed by atoms with van der Waals surface area (Å²) in [5.74, 6) is -0.512. The van der Waals surface area contributed by atoms with Gasteiger partial charge >= 0.3 is 18.5 Å². The van der Waals surface area contributed by atoms with Gasteiger partial charge in [-0.05, 0) is 11.5 Å². The Kier molecular flexibility index (Phi) is 6.55. The van der Waals surface area contributed by atoms with Crippen molar-refractivity contribution >= 4 is 48.3 Å². The van der Waals surface area contributed by atoms with Gasteiger partial charge in [-0.2, -0.15) is 5.26 Å². The van der Waals surface area contributed by atoms with Crippen molar-refractivity contribution in [1.29, 1.82) is 5.26 Å². The standard InChI is InChI=1S/C11H12INO4PS/c1-3-16-10(14)5-9-8(12)6-11(7-13,19-9)18(15)17-4-2/h1,8-9H,4-6H2,2H3/q+1/t8-,9-,11+/m0/s1. The predicted molar refractivity (Wildman–Crippen MR) is 80.9 cm³/mol. The summed E-state index contributed by atoms with van der Waals surface area (Å²) in [4.78, 5) is 11.4. The molecule has 5 nitrogen and oxygen atoms in total. The zero-order valence-corrected chi connectivity index (χ0v) is 14.0. The predicted octanol–water partition coefficient (Wildman–Crippen LogP) is 2.82. The number of thioether (sulfide) groups is 1. The van der Waals surface area contributed by atoms with E-state index in [-0.39, 0.29) is 22.2 Å². The SMILES string of the molecule is C#COC(=O)C[C@@H]1S[C@](C#N)([P+](=O)OCC)C[C@@H]1I. The average molecular weight is 412 g/mol. The molecule has 1 aliphatic heterocycles. The molecule has 19 heavy (non-hydrogen) atoms. The quantitative estimate of drug-likeness (QED) is 0.227. The topological polar surface area (TPSA) is 76.4 Å². The van der Waals surface area contributed by atoms with Crippen LogP contribution in [0.2, 0.25) is 0 Å². The fourth-order valence-electron chi connectivity index (χ4n) is 1.66. The molecular formula is C11H12INO4PS+. The summed E-state index contributed by atoms with van der Waals surface area (Å²) in [6.45, 7) is 2.01. The summed E-state index contributed by atoms with van der Waals surface area (Å²) < 4.78 is 20.5. The summed E-state index contributed by atoms with van der Waals surface area (Å²) in [6.07, 6.45) is 7.22. The van der Waals surface area contributed by atoms with Gasteiger partial charge in [-0.25, -0.2) is 0 Å². The molecule has 1 saturated heterocycles. The molecule has 0 radical (unpaired) electrons. The lowest BCUT2D eigenvalue weighted by Crippen LogP contribution is -2.16. The van der Waals surface area contributed by atoms with Crippen LogP contribution in [0, 0.1) is 23.9 Å². The van der Waals surface area contributed by atoms with E-state index in [2.05, 4.69) is 33.4 Å². The Morgan fingerprint density at radius 2 is 2.42 bits per heavy atom. The molecule has 8 heteroatoms. The van der Waals surface area contributed by atoms with Gasteiger partial charge in [0.05, 0.1) is 13.0 Å². The number of nitriles is 1. The number of terminal acetylenes is 1. The molecule has 1 rings (SSSR count). The van der Waals surface area contributed by atoms with Crippen molar-refractivity contribution in [3.05, 3.63) is 0 Å². The van der Waals surface area contributed by atoms with Crippen molar-refractivity contribution in [3.8, 4) is 18.6 Å². The van der Waals surface area contributed by atoms with E-state index in [1.54, 1.807) is 6.92 Å². The number of alkyl halides is 1. The number of esters is 1. The van der Waals surface area contributed by atoms with Crippen molar-refractivity contribution in [2.75, 3.05) is 6.61 Å². The minimum atomic E-state index is -2.10. The van der Waals surface area contributed by atoms with Gasteiger partial charge in [0.25, 0.3) is 0 Å². The second-order valence-corrected chi connectivity index (χ2v) is 8.72. The Hall–Kier alpha value is -0.340. The lowest BCUT2D eigenvalue weighted by molar-refractivity contribution is -0.136. The van der Waals surface area contributed by atoms with Crippen LogP contribution in [0.4, 0.5) is 0 Å². The molecule has 0 spiro atoms. The highest BCUT2D eigenvalue weighted by molar-refractivity contribution is 14.1. The zero-order valence-electron chi connectivity index (χ0n) is 10.2. The maximum atomic E-state index is 12.0. The minimum Gasteiger partial charge on any atom is -0.372 e. The van der Waals surface area contributed by atoms with Gasteiger partial charge in [-0.3, -0.25) is 4.79 Å². The number of hydrogen-bond acceptors (Lipinski definition) is 6. The molecule has 1 fully saturated rings. The molecule has 1 heterocycles. The van der Waals surface area contributed by atoms with Crippen LogP contribution in [-0.2, 0) is 18.6 Å². The Morgan fingerprint density at radius 1 is 1.74 bits per heavy atom. The number of rotatable bonds is 5. The fraction of sp³-hybridized carbons (Fsp3) is 0.636. The van der Waals surface area contributed by atoms with Crippen LogP contribution in [0.1, 0.15) is 19.8 Å². The lowest BCUT2D eigenvalue weighted by atomic mass is 10.1. The lowest BCUT2D eigenvalue weighted by Gasteiger charge is -2.09. The van der Waals surface area contributed by atoms with E-state index in [0.717, 1.165) is 0 Å². The highest BCUT2D eigenvalue weighted by Crippen LogP contribution is 2.60. The first-order chi connectivity index (χ1) is 8.99. The van der Waals surface area contributed by atoms with Crippen molar-refractivity contribution in [1.82, 2.24) is 0 Å². The number of ether oxygens (including phenoxy) is 1. The highest BCUT2D eigenvalue weighted by Gasteiger charge is 2.61. The van der Waals surface area contributed by atoms with Crippen molar-refractivity contribution < 1.29 is 18.6 Å². The van der Waals surface area contributed by atoms with Crippen LogP contribution in [0.5, 0.6) is 0 Å². The Morgan fingerprint density at radius 3 is 2.95 bits per heavy atom. The van der Waals surface area contributed by atoms with Gasteiger partial charge in [0.15, 0.2) is 0 Å². The second kappa shape index (κ2) is 7.44. The maximum absolute atomic E-state index is 12.0. The van der Waals surface area contributed by atoms with Gasteiger partial charge in [0.1, 0.15) is 12.2 Å². The molecule has 102 valence electrons. The van der Waals surface area contributed by atoms with Crippen LogP contribution in [-0.4, -0.2) is 26.2 Å². The molecule has 0 aromatic heterocycles. The van der Waals surface area contributed by atoms with E-state index >= 15 is 0 Å². The van der Waals surface area contributed by atoms with E-state index < -0.39 is 18.5 Å². The molecule has 1 unspecified atom stereocenters. The molecule has 0 saturated carbocycles. The maximum Gasteiger partial charge on any atom is 0.541 e. The third kappa shape index (κ3) is 4.06. The Labute approximate surface area is 130 Å². The summed E-state index contributed by atoms with van der Waals surface area (Å²) in [5, 5.41) is 9.15. The first-order valence-corrected chi connectivity index (χ1v) is 8.78. The first-order valence-electron chi connectivity index (χ1n) is 5.47. The Balaban J connectivity index is 2.77. The zero-order chi connectivity index (χ0) is 14.5. The smallest absolute Gasteiger partial charge is 0.372 e. The summed E-state index contributed by atoms with van der Waals surface area (Å²) in [7, 11) is -2.10. The summed E-state index contributed by atoms with van der Waals surface area (Å²) >= 11 is 3.37. The van der Waals surface area contributed by atoms with E-state index in [9.17, 15) is 14.6 Å². The number of carbonyl (C=O) groups is 1. The molecular weight excluding hydrogens is 400 g/mol. The van der Waals surface area contributed by atoms with E-state index in [4.69, 9.17) is 10.9 Å². The van der Waals surface area contributed by atoms with Crippen LogP contribution >= 0.6 is 42.4 Å². The molecule has 0 amide bonds. The molecule has 0 N–H and O–H groups in total. The molecule has 1 aliphatic rings. The Bertz CT molecular complexity index is 461. The third-order valence-corrected chi connectivity index (χ3v) is 7.85. The molecule has 0 bridgehead atoms. The molecule has 0 aliphatic carbocycles. The molecule has 0 aromatic rings. The van der Waals surface area contributed by atoms with Gasteiger partial charge in [-0.15, -0.1) is 4.52 Å². The van der Waals surface area contributed by atoms with Crippen molar-refractivity contribution in [2.45, 2.75) is 33.4 Å². The van der Waals surface area contributed by atoms with Gasteiger partial charge < -0.3 is 4.74 Å². The second-order valence-electron chi connectivity index (χ2n) is 3.74. The van der Waals surface area contributed by atoms with Crippen LogP contribution in [0.25, 0.3) is 0 Å².